The van der Waals surface area contributed by atoms with Crippen LogP contribution in [0.4, 0.5) is 10.1 Å². The molecule has 1 N–H and O–H groups in total. The average Bonchev–Trinajstić information content (AvgIpc) is 3.01. The van der Waals surface area contributed by atoms with Gasteiger partial charge in [0.15, 0.2) is 0 Å². The van der Waals surface area contributed by atoms with Crippen molar-refractivity contribution in [2.45, 2.75) is 44.7 Å². The van der Waals surface area contributed by atoms with Gasteiger partial charge in [0.25, 0.3) is 0 Å². The van der Waals surface area contributed by atoms with E-state index in [0.717, 1.165) is 26.1 Å². The summed E-state index contributed by atoms with van der Waals surface area (Å²) in [5.74, 6) is -0.495. The zero-order valence-corrected chi connectivity index (χ0v) is 13.8. The number of rotatable bonds is 5. The SMILES string of the molecule is CC[C@@H]1CN2CCC[C@@H]2CN1CCC(=O)Nc1ccccc1F. The quantitative estimate of drug-likeness (QED) is 0.906. The van der Waals surface area contributed by atoms with Crippen LogP contribution in [0.2, 0.25) is 0 Å². The van der Waals surface area contributed by atoms with Crippen molar-refractivity contribution >= 4 is 11.6 Å². The van der Waals surface area contributed by atoms with Gasteiger partial charge in [-0.05, 0) is 37.9 Å². The Kier molecular flexibility index (Phi) is 5.28. The van der Waals surface area contributed by atoms with E-state index in [1.807, 2.05) is 0 Å². The summed E-state index contributed by atoms with van der Waals surface area (Å²) in [5.41, 5.74) is 0.269. The predicted octanol–water partition coefficient (Wildman–Crippen LogP) is 2.71. The smallest absolute Gasteiger partial charge is 0.225 e. The number of amides is 1. The Bertz CT molecular complexity index is 551. The third-order valence-electron chi connectivity index (χ3n) is 5.15. The summed E-state index contributed by atoms with van der Waals surface area (Å²) in [6.45, 7) is 6.38. The fourth-order valence-corrected chi connectivity index (χ4v) is 3.83. The molecule has 0 saturated carbocycles. The second-order valence-corrected chi connectivity index (χ2v) is 6.63. The van der Waals surface area contributed by atoms with Gasteiger partial charge in [-0.1, -0.05) is 19.1 Å². The maximum Gasteiger partial charge on any atom is 0.225 e. The standard InChI is InChI=1S/C18H26FN3O/c1-2-14-12-21-10-5-6-15(21)13-22(14)11-9-18(23)20-17-8-4-3-7-16(17)19/h3-4,7-8,14-15H,2,5-6,9-13H2,1H3,(H,20,23)/t14-,15-/m1/s1. The van der Waals surface area contributed by atoms with Gasteiger partial charge in [0, 0.05) is 38.1 Å². The Labute approximate surface area is 137 Å². The molecule has 2 heterocycles. The Morgan fingerprint density at radius 1 is 1.35 bits per heavy atom. The lowest BCUT2D eigenvalue weighted by atomic mass is 10.0. The van der Waals surface area contributed by atoms with Gasteiger partial charge in [-0.2, -0.15) is 0 Å². The average molecular weight is 319 g/mol. The molecule has 1 aromatic carbocycles. The highest BCUT2D eigenvalue weighted by Gasteiger charge is 2.35. The Balaban J connectivity index is 1.52. The van der Waals surface area contributed by atoms with Crippen molar-refractivity contribution in [3.05, 3.63) is 30.1 Å². The first-order chi connectivity index (χ1) is 11.2. The summed E-state index contributed by atoms with van der Waals surface area (Å²) in [7, 11) is 0. The number of halogens is 1. The molecule has 1 amide bonds. The molecule has 2 aliphatic heterocycles. The Hall–Kier alpha value is -1.46. The molecule has 23 heavy (non-hydrogen) atoms. The highest BCUT2D eigenvalue weighted by molar-refractivity contribution is 5.90. The summed E-state index contributed by atoms with van der Waals surface area (Å²) in [4.78, 5) is 17.2. The first kappa shape index (κ1) is 16.4. The van der Waals surface area contributed by atoms with Gasteiger partial charge in [-0.25, -0.2) is 4.39 Å². The molecular formula is C18H26FN3O. The van der Waals surface area contributed by atoms with Crippen LogP contribution in [0.25, 0.3) is 0 Å². The number of carbonyl (C=O) groups is 1. The number of benzene rings is 1. The molecule has 0 aliphatic carbocycles. The summed E-state index contributed by atoms with van der Waals surface area (Å²) in [5, 5.41) is 2.68. The van der Waals surface area contributed by atoms with Gasteiger partial charge >= 0.3 is 0 Å². The zero-order valence-electron chi connectivity index (χ0n) is 13.8. The van der Waals surface area contributed by atoms with Crippen LogP contribution in [-0.4, -0.2) is 54.0 Å². The van der Waals surface area contributed by atoms with Gasteiger partial charge < -0.3 is 5.32 Å². The summed E-state index contributed by atoms with van der Waals surface area (Å²) in [6.07, 6.45) is 4.09. The molecule has 126 valence electrons. The van der Waals surface area contributed by atoms with Crippen LogP contribution in [0.5, 0.6) is 0 Å². The molecule has 5 heteroatoms. The Morgan fingerprint density at radius 3 is 2.96 bits per heavy atom. The molecule has 0 spiro atoms. The largest absolute Gasteiger partial charge is 0.324 e. The van der Waals surface area contributed by atoms with E-state index in [9.17, 15) is 9.18 Å². The molecule has 0 aromatic heterocycles. The lowest BCUT2D eigenvalue weighted by Crippen LogP contribution is -2.56. The van der Waals surface area contributed by atoms with Gasteiger partial charge in [0.2, 0.25) is 5.91 Å². The lowest BCUT2D eigenvalue weighted by molar-refractivity contribution is -0.116. The van der Waals surface area contributed by atoms with Crippen LogP contribution in [0, 0.1) is 5.82 Å². The number of hydrogen-bond acceptors (Lipinski definition) is 3. The van der Waals surface area contributed by atoms with E-state index in [2.05, 4.69) is 22.0 Å². The van der Waals surface area contributed by atoms with E-state index in [1.54, 1.807) is 18.2 Å². The number of para-hydroxylation sites is 1. The fourth-order valence-electron chi connectivity index (χ4n) is 3.83. The minimum Gasteiger partial charge on any atom is -0.324 e. The molecular weight excluding hydrogens is 293 g/mol. The van der Waals surface area contributed by atoms with Crippen molar-refractivity contribution in [1.82, 2.24) is 9.80 Å². The fraction of sp³-hybridized carbons (Fsp3) is 0.611. The van der Waals surface area contributed by atoms with E-state index < -0.39 is 0 Å². The van der Waals surface area contributed by atoms with E-state index in [-0.39, 0.29) is 17.4 Å². The van der Waals surface area contributed by atoms with Crippen LogP contribution in [0.15, 0.2) is 24.3 Å². The number of fused-ring (bicyclic) bond motifs is 1. The van der Waals surface area contributed by atoms with Crippen LogP contribution in [0.3, 0.4) is 0 Å². The highest BCUT2D eigenvalue weighted by Crippen LogP contribution is 2.26. The number of hydrogen-bond donors (Lipinski definition) is 1. The van der Waals surface area contributed by atoms with Crippen LogP contribution < -0.4 is 5.32 Å². The van der Waals surface area contributed by atoms with E-state index in [1.165, 1.54) is 25.5 Å². The number of anilines is 1. The second-order valence-electron chi connectivity index (χ2n) is 6.63. The van der Waals surface area contributed by atoms with Gasteiger partial charge in [0.05, 0.1) is 5.69 Å². The van der Waals surface area contributed by atoms with Crippen molar-refractivity contribution in [2.75, 3.05) is 31.5 Å². The summed E-state index contributed by atoms with van der Waals surface area (Å²) >= 11 is 0. The number of nitrogens with one attached hydrogen (secondary N) is 1. The van der Waals surface area contributed by atoms with Gasteiger partial charge in [0.1, 0.15) is 5.82 Å². The molecule has 0 radical (unpaired) electrons. The van der Waals surface area contributed by atoms with E-state index in [4.69, 9.17) is 0 Å². The zero-order chi connectivity index (χ0) is 16.2. The van der Waals surface area contributed by atoms with Crippen molar-refractivity contribution < 1.29 is 9.18 Å². The maximum absolute atomic E-state index is 13.6. The molecule has 2 atom stereocenters. The molecule has 0 unspecified atom stereocenters. The van der Waals surface area contributed by atoms with Crippen molar-refractivity contribution in [3.8, 4) is 0 Å². The van der Waals surface area contributed by atoms with Crippen molar-refractivity contribution in [3.63, 3.8) is 0 Å². The van der Waals surface area contributed by atoms with E-state index >= 15 is 0 Å². The lowest BCUT2D eigenvalue weighted by Gasteiger charge is -2.43. The first-order valence-corrected chi connectivity index (χ1v) is 8.70. The van der Waals surface area contributed by atoms with Crippen LogP contribution >= 0.6 is 0 Å². The first-order valence-electron chi connectivity index (χ1n) is 8.70. The third-order valence-corrected chi connectivity index (χ3v) is 5.15. The van der Waals surface area contributed by atoms with Gasteiger partial charge in [-0.3, -0.25) is 14.6 Å². The van der Waals surface area contributed by atoms with Crippen molar-refractivity contribution in [2.24, 2.45) is 0 Å². The van der Waals surface area contributed by atoms with Crippen molar-refractivity contribution in [1.29, 1.82) is 0 Å². The monoisotopic (exact) mass is 319 g/mol. The number of carbonyl (C=O) groups excluding carboxylic acids is 1. The topological polar surface area (TPSA) is 35.6 Å². The number of piperazine rings is 1. The normalized spacial score (nSPS) is 25.3. The predicted molar refractivity (Wildman–Crippen MR) is 89.9 cm³/mol. The minimum absolute atomic E-state index is 0.112. The molecule has 2 aliphatic rings. The maximum atomic E-state index is 13.6. The van der Waals surface area contributed by atoms with Crippen LogP contribution in [0.1, 0.15) is 32.6 Å². The highest BCUT2D eigenvalue weighted by atomic mass is 19.1. The van der Waals surface area contributed by atoms with Gasteiger partial charge in [-0.15, -0.1) is 0 Å². The molecule has 4 nitrogen and oxygen atoms in total. The molecule has 1 aromatic rings. The molecule has 2 fully saturated rings. The Morgan fingerprint density at radius 2 is 2.17 bits per heavy atom. The van der Waals surface area contributed by atoms with Crippen LogP contribution in [-0.2, 0) is 4.79 Å². The second kappa shape index (κ2) is 7.41. The minimum atomic E-state index is -0.383. The number of nitrogens with zero attached hydrogens (tertiary/aromatic N) is 2. The molecule has 3 rings (SSSR count). The molecule has 2 saturated heterocycles. The molecule has 0 bridgehead atoms. The summed E-state index contributed by atoms with van der Waals surface area (Å²) in [6, 6.07) is 7.50. The van der Waals surface area contributed by atoms with E-state index in [0.29, 0.717) is 18.5 Å². The third kappa shape index (κ3) is 3.90. The summed E-state index contributed by atoms with van der Waals surface area (Å²) < 4.78 is 13.6.